The second kappa shape index (κ2) is 6.14. The van der Waals surface area contributed by atoms with Gasteiger partial charge in [-0.25, -0.2) is 4.98 Å². The van der Waals surface area contributed by atoms with Crippen molar-refractivity contribution in [2.45, 2.75) is 6.18 Å². The first-order valence-corrected chi connectivity index (χ1v) is 8.08. The Hall–Kier alpha value is -2.86. The number of nitrogens with one attached hydrogen (secondary N) is 1. The van der Waals surface area contributed by atoms with Crippen molar-refractivity contribution in [3.05, 3.63) is 71.4 Å². The standard InChI is InChI=1S/C19H11ClF3N3/c20-13-7-8-15-16(10-13)26-18(25-15)14-2-1-9-24-17(14)11-3-5-12(6-4-11)19(21,22)23/h1-10H,(H,25,26). The van der Waals surface area contributed by atoms with Gasteiger partial charge in [-0.2, -0.15) is 13.2 Å². The van der Waals surface area contributed by atoms with Gasteiger partial charge in [0.25, 0.3) is 0 Å². The SMILES string of the molecule is FC(F)(F)c1ccc(-c2ncccc2-c2nc3ccc(Cl)cc3[nH]2)cc1. The van der Waals surface area contributed by atoms with E-state index < -0.39 is 11.7 Å². The largest absolute Gasteiger partial charge is 0.416 e. The summed E-state index contributed by atoms with van der Waals surface area (Å²) in [6.07, 6.45) is -2.78. The molecule has 0 aliphatic heterocycles. The van der Waals surface area contributed by atoms with Crippen molar-refractivity contribution in [3.8, 4) is 22.6 Å². The van der Waals surface area contributed by atoms with E-state index >= 15 is 0 Å². The summed E-state index contributed by atoms with van der Waals surface area (Å²) >= 11 is 6.00. The van der Waals surface area contributed by atoms with Crippen LogP contribution in [0.4, 0.5) is 13.2 Å². The molecule has 3 nitrogen and oxygen atoms in total. The molecule has 0 atom stereocenters. The molecular weight excluding hydrogens is 363 g/mol. The van der Waals surface area contributed by atoms with Crippen LogP contribution in [0.1, 0.15) is 5.56 Å². The van der Waals surface area contributed by atoms with Crippen LogP contribution in [0.2, 0.25) is 5.02 Å². The van der Waals surface area contributed by atoms with E-state index in [1.165, 1.54) is 12.1 Å². The monoisotopic (exact) mass is 373 g/mol. The van der Waals surface area contributed by atoms with E-state index in [2.05, 4.69) is 15.0 Å². The van der Waals surface area contributed by atoms with Crippen LogP contribution in [0.15, 0.2) is 60.8 Å². The summed E-state index contributed by atoms with van der Waals surface area (Å²) in [5.41, 5.74) is 2.64. The minimum atomic E-state index is -4.37. The number of hydrogen-bond acceptors (Lipinski definition) is 2. The number of aromatic amines is 1. The molecule has 0 saturated heterocycles. The van der Waals surface area contributed by atoms with Crippen molar-refractivity contribution in [3.63, 3.8) is 0 Å². The topological polar surface area (TPSA) is 41.6 Å². The second-order valence-electron chi connectivity index (χ2n) is 5.72. The van der Waals surface area contributed by atoms with Gasteiger partial charge in [0.05, 0.1) is 22.3 Å². The van der Waals surface area contributed by atoms with Crippen molar-refractivity contribution in [2.75, 3.05) is 0 Å². The van der Waals surface area contributed by atoms with Crippen molar-refractivity contribution in [2.24, 2.45) is 0 Å². The molecule has 0 aliphatic rings. The summed E-state index contributed by atoms with van der Waals surface area (Å²) in [6.45, 7) is 0. The summed E-state index contributed by atoms with van der Waals surface area (Å²) in [7, 11) is 0. The summed E-state index contributed by atoms with van der Waals surface area (Å²) in [5.74, 6) is 0.574. The van der Waals surface area contributed by atoms with Gasteiger partial charge in [0.15, 0.2) is 0 Å². The average Bonchev–Trinajstić information content (AvgIpc) is 3.04. The second-order valence-corrected chi connectivity index (χ2v) is 6.16. The number of hydrogen-bond donors (Lipinski definition) is 1. The molecule has 2 heterocycles. The number of pyridine rings is 1. The predicted molar refractivity (Wildman–Crippen MR) is 94.8 cm³/mol. The Morgan fingerprint density at radius 3 is 2.46 bits per heavy atom. The van der Waals surface area contributed by atoms with E-state index in [9.17, 15) is 13.2 Å². The number of halogens is 4. The first kappa shape index (κ1) is 16.6. The lowest BCUT2D eigenvalue weighted by molar-refractivity contribution is -0.137. The zero-order valence-electron chi connectivity index (χ0n) is 13.2. The number of nitrogens with zero attached hydrogens (tertiary/aromatic N) is 2. The van der Waals surface area contributed by atoms with Gasteiger partial charge >= 0.3 is 6.18 Å². The van der Waals surface area contributed by atoms with Gasteiger partial charge in [-0.3, -0.25) is 4.98 Å². The lowest BCUT2D eigenvalue weighted by atomic mass is 10.0. The zero-order chi connectivity index (χ0) is 18.3. The van der Waals surface area contributed by atoms with E-state index in [1.807, 2.05) is 6.07 Å². The number of fused-ring (bicyclic) bond motifs is 1. The van der Waals surface area contributed by atoms with Crippen molar-refractivity contribution < 1.29 is 13.2 Å². The number of H-pyrrole nitrogens is 1. The fourth-order valence-electron chi connectivity index (χ4n) is 2.75. The van der Waals surface area contributed by atoms with Gasteiger partial charge in [-0.05, 0) is 42.5 Å². The number of benzene rings is 2. The molecular formula is C19H11ClF3N3. The number of aromatic nitrogens is 3. The maximum atomic E-state index is 12.8. The Morgan fingerprint density at radius 2 is 1.73 bits per heavy atom. The van der Waals surface area contributed by atoms with E-state index in [0.717, 1.165) is 23.2 Å². The molecule has 0 fully saturated rings. The molecule has 1 N–H and O–H groups in total. The van der Waals surface area contributed by atoms with Crippen LogP contribution in [0.25, 0.3) is 33.7 Å². The minimum Gasteiger partial charge on any atom is -0.338 e. The maximum Gasteiger partial charge on any atom is 0.416 e. The quantitative estimate of drug-likeness (QED) is 0.470. The molecule has 0 saturated carbocycles. The first-order chi connectivity index (χ1) is 12.4. The Balaban J connectivity index is 1.81. The fourth-order valence-corrected chi connectivity index (χ4v) is 2.93. The van der Waals surface area contributed by atoms with Crippen LogP contribution < -0.4 is 0 Å². The molecule has 0 spiro atoms. The molecule has 130 valence electrons. The van der Waals surface area contributed by atoms with E-state index in [1.54, 1.807) is 30.5 Å². The van der Waals surface area contributed by atoms with E-state index in [-0.39, 0.29) is 0 Å². The van der Waals surface area contributed by atoms with E-state index in [4.69, 9.17) is 11.6 Å². The van der Waals surface area contributed by atoms with Gasteiger partial charge in [-0.15, -0.1) is 0 Å². The molecule has 0 aliphatic carbocycles. The third-order valence-electron chi connectivity index (χ3n) is 3.99. The van der Waals surface area contributed by atoms with Gasteiger partial charge < -0.3 is 4.98 Å². The highest BCUT2D eigenvalue weighted by Crippen LogP contribution is 2.33. The van der Waals surface area contributed by atoms with Gasteiger partial charge in [0.2, 0.25) is 0 Å². The van der Waals surface area contributed by atoms with Crippen LogP contribution >= 0.6 is 11.6 Å². The molecule has 0 radical (unpaired) electrons. The average molecular weight is 374 g/mol. The molecule has 7 heteroatoms. The molecule has 26 heavy (non-hydrogen) atoms. The smallest absolute Gasteiger partial charge is 0.338 e. The van der Waals surface area contributed by atoms with Crippen LogP contribution in [-0.2, 0) is 6.18 Å². The molecule has 0 bridgehead atoms. The highest BCUT2D eigenvalue weighted by molar-refractivity contribution is 6.31. The number of alkyl halides is 3. The zero-order valence-corrected chi connectivity index (χ0v) is 13.9. The predicted octanol–water partition coefficient (Wildman–Crippen LogP) is 5.96. The summed E-state index contributed by atoms with van der Waals surface area (Å²) in [5, 5.41) is 0.585. The highest BCUT2D eigenvalue weighted by atomic mass is 35.5. The van der Waals surface area contributed by atoms with E-state index in [0.29, 0.717) is 27.7 Å². The number of imidazole rings is 1. The maximum absolute atomic E-state index is 12.8. The van der Waals surface area contributed by atoms with Gasteiger partial charge in [0, 0.05) is 22.3 Å². The lowest BCUT2D eigenvalue weighted by Crippen LogP contribution is -2.04. The first-order valence-electron chi connectivity index (χ1n) is 7.70. The Morgan fingerprint density at radius 1 is 0.962 bits per heavy atom. The molecule has 4 rings (SSSR count). The lowest BCUT2D eigenvalue weighted by Gasteiger charge is -2.09. The summed E-state index contributed by atoms with van der Waals surface area (Å²) in [4.78, 5) is 12.1. The fraction of sp³-hybridized carbons (Fsp3) is 0.0526. The Labute approximate surface area is 151 Å². The Bertz CT molecular complexity index is 1090. The third-order valence-corrected chi connectivity index (χ3v) is 4.23. The van der Waals surface area contributed by atoms with Crippen molar-refractivity contribution in [1.29, 1.82) is 0 Å². The molecule has 0 unspecified atom stereocenters. The van der Waals surface area contributed by atoms with Crippen LogP contribution in [-0.4, -0.2) is 15.0 Å². The highest BCUT2D eigenvalue weighted by Gasteiger charge is 2.30. The summed E-state index contributed by atoms with van der Waals surface area (Å²) < 4.78 is 38.3. The third kappa shape index (κ3) is 3.04. The van der Waals surface area contributed by atoms with Crippen LogP contribution in [0.3, 0.4) is 0 Å². The van der Waals surface area contributed by atoms with Crippen molar-refractivity contribution >= 4 is 22.6 Å². The Kier molecular flexibility index (Phi) is 3.92. The van der Waals surface area contributed by atoms with Gasteiger partial charge in [0.1, 0.15) is 5.82 Å². The molecule has 4 aromatic rings. The normalized spacial score (nSPS) is 11.8. The molecule has 2 aromatic carbocycles. The summed E-state index contributed by atoms with van der Waals surface area (Å²) in [6, 6.07) is 13.8. The minimum absolute atomic E-state index is 0.548. The van der Waals surface area contributed by atoms with Gasteiger partial charge in [-0.1, -0.05) is 23.7 Å². The molecule has 2 aromatic heterocycles. The number of rotatable bonds is 2. The van der Waals surface area contributed by atoms with Crippen LogP contribution in [0, 0.1) is 0 Å². The van der Waals surface area contributed by atoms with Crippen LogP contribution in [0.5, 0.6) is 0 Å². The molecule has 0 amide bonds. The van der Waals surface area contributed by atoms with Crippen molar-refractivity contribution in [1.82, 2.24) is 15.0 Å².